The van der Waals surface area contributed by atoms with Gasteiger partial charge in [-0.1, -0.05) is 20.8 Å². The molecule has 5 heteroatoms. The lowest BCUT2D eigenvalue weighted by Crippen LogP contribution is -2.24. The molecular formula is C13H23N3O2. The van der Waals surface area contributed by atoms with Crippen LogP contribution in [0.2, 0.25) is 0 Å². The fourth-order valence-corrected chi connectivity index (χ4v) is 1.31. The Morgan fingerprint density at radius 1 is 1.28 bits per heavy atom. The van der Waals surface area contributed by atoms with Crippen LogP contribution >= 0.6 is 0 Å². The lowest BCUT2D eigenvalue weighted by atomic mass is 10.3. The van der Waals surface area contributed by atoms with Gasteiger partial charge >= 0.3 is 6.01 Å². The van der Waals surface area contributed by atoms with Crippen LogP contribution in [0.25, 0.3) is 0 Å². The maximum Gasteiger partial charge on any atom is 0.319 e. The molecule has 0 unspecified atom stereocenters. The van der Waals surface area contributed by atoms with E-state index in [1.807, 2.05) is 0 Å². The fourth-order valence-electron chi connectivity index (χ4n) is 1.31. The summed E-state index contributed by atoms with van der Waals surface area (Å²) in [5.74, 6) is 0.571. The average Bonchev–Trinajstić information content (AvgIpc) is 2.36. The molecule has 0 saturated heterocycles. The van der Waals surface area contributed by atoms with Gasteiger partial charge in [0.25, 0.3) is 0 Å². The third-order valence-electron chi connectivity index (χ3n) is 2.17. The maximum atomic E-state index is 5.47. The molecule has 0 radical (unpaired) electrons. The van der Waals surface area contributed by atoms with Gasteiger partial charge in [0.1, 0.15) is 0 Å². The van der Waals surface area contributed by atoms with E-state index in [0.29, 0.717) is 31.1 Å². The van der Waals surface area contributed by atoms with Crippen molar-refractivity contribution in [2.45, 2.75) is 39.7 Å². The highest BCUT2D eigenvalue weighted by Gasteiger charge is 2.01. The van der Waals surface area contributed by atoms with E-state index < -0.39 is 0 Å². The van der Waals surface area contributed by atoms with Gasteiger partial charge in [0.15, 0.2) is 0 Å². The van der Waals surface area contributed by atoms with Crippen molar-refractivity contribution in [1.82, 2.24) is 15.3 Å². The number of aromatic nitrogens is 2. The molecule has 0 aliphatic heterocycles. The minimum atomic E-state index is 0.383. The first-order valence-corrected chi connectivity index (χ1v) is 6.54. The third kappa shape index (κ3) is 6.39. The van der Waals surface area contributed by atoms with E-state index in [4.69, 9.17) is 9.47 Å². The zero-order chi connectivity index (χ0) is 13.2. The highest BCUT2D eigenvalue weighted by atomic mass is 16.5. The molecule has 0 aliphatic rings. The topological polar surface area (TPSA) is 56.3 Å². The van der Waals surface area contributed by atoms with E-state index in [1.54, 1.807) is 12.3 Å². The van der Waals surface area contributed by atoms with E-state index in [-0.39, 0.29) is 0 Å². The van der Waals surface area contributed by atoms with Crippen LogP contribution in [0.15, 0.2) is 12.3 Å². The van der Waals surface area contributed by atoms with Gasteiger partial charge in [-0.25, -0.2) is 4.98 Å². The number of ether oxygens (including phenoxy) is 2. The van der Waals surface area contributed by atoms with Crippen molar-refractivity contribution < 1.29 is 9.47 Å². The normalized spacial score (nSPS) is 10.7. The SMILES string of the molecule is CCCOc1ccnc(OCCCNC(C)C)n1. The van der Waals surface area contributed by atoms with Crippen molar-refractivity contribution in [3.8, 4) is 11.9 Å². The highest BCUT2D eigenvalue weighted by Crippen LogP contribution is 2.10. The van der Waals surface area contributed by atoms with Crippen molar-refractivity contribution in [2.75, 3.05) is 19.8 Å². The van der Waals surface area contributed by atoms with Crippen molar-refractivity contribution in [2.24, 2.45) is 0 Å². The van der Waals surface area contributed by atoms with Crippen LogP contribution in [0.1, 0.15) is 33.6 Å². The summed E-state index contributed by atoms with van der Waals surface area (Å²) >= 11 is 0. The summed E-state index contributed by atoms with van der Waals surface area (Å²) in [4.78, 5) is 8.21. The largest absolute Gasteiger partial charge is 0.478 e. The minimum Gasteiger partial charge on any atom is -0.478 e. The van der Waals surface area contributed by atoms with E-state index in [1.165, 1.54) is 0 Å². The molecular weight excluding hydrogens is 230 g/mol. The summed E-state index contributed by atoms with van der Waals surface area (Å²) in [7, 11) is 0. The smallest absolute Gasteiger partial charge is 0.319 e. The van der Waals surface area contributed by atoms with Gasteiger partial charge in [0.2, 0.25) is 5.88 Å². The van der Waals surface area contributed by atoms with Crippen LogP contribution in [-0.4, -0.2) is 35.8 Å². The molecule has 5 nitrogen and oxygen atoms in total. The van der Waals surface area contributed by atoms with Crippen LogP contribution < -0.4 is 14.8 Å². The number of rotatable bonds is 9. The predicted molar refractivity (Wildman–Crippen MR) is 71.1 cm³/mol. The van der Waals surface area contributed by atoms with Crippen LogP contribution in [0.4, 0.5) is 0 Å². The van der Waals surface area contributed by atoms with Gasteiger partial charge in [0, 0.05) is 18.3 Å². The first-order chi connectivity index (χ1) is 8.72. The third-order valence-corrected chi connectivity index (χ3v) is 2.17. The summed E-state index contributed by atoms with van der Waals surface area (Å²) in [6.45, 7) is 8.51. The Morgan fingerprint density at radius 2 is 2.11 bits per heavy atom. The molecule has 0 atom stereocenters. The second kappa shape index (κ2) is 8.69. The van der Waals surface area contributed by atoms with E-state index in [9.17, 15) is 0 Å². The highest BCUT2D eigenvalue weighted by molar-refractivity contribution is 5.10. The second-order valence-corrected chi connectivity index (χ2v) is 4.34. The first kappa shape index (κ1) is 14.7. The van der Waals surface area contributed by atoms with Gasteiger partial charge in [-0.2, -0.15) is 4.98 Å². The van der Waals surface area contributed by atoms with Gasteiger partial charge < -0.3 is 14.8 Å². The Hall–Kier alpha value is -1.36. The van der Waals surface area contributed by atoms with Crippen molar-refractivity contribution in [3.63, 3.8) is 0 Å². The summed E-state index contributed by atoms with van der Waals surface area (Å²) in [5.41, 5.74) is 0. The Morgan fingerprint density at radius 3 is 2.83 bits per heavy atom. The van der Waals surface area contributed by atoms with E-state index in [0.717, 1.165) is 19.4 Å². The van der Waals surface area contributed by atoms with Gasteiger partial charge in [-0.3, -0.25) is 0 Å². The summed E-state index contributed by atoms with van der Waals surface area (Å²) in [6.07, 6.45) is 3.54. The van der Waals surface area contributed by atoms with Crippen LogP contribution in [-0.2, 0) is 0 Å². The fraction of sp³-hybridized carbons (Fsp3) is 0.692. The number of hydrogen-bond donors (Lipinski definition) is 1. The minimum absolute atomic E-state index is 0.383. The van der Waals surface area contributed by atoms with E-state index in [2.05, 4.69) is 36.1 Å². The average molecular weight is 253 g/mol. The molecule has 0 amide bonds. The molecule has 102 valence electrons. The molecule has 0 aromatic carbocycles. The number of nitrogens with one attached hydrogen (secondary N) is 1. The molecule has 1 rings (SSSR count). The van der Waals surface area contributed by atoms with Crippen LogP contribution in [0.5, 0.6) is 11.9 Å². The molecule has 1 N–H and O–H groups in total. The Kier molecular flexibility index (Phi) is 7.10. The molecule has 18 heavy (non-hydrogen) atoms. The monoisotopic (exact) mass is 253 g/mol. The lowest BCUT2D eigenvalue weighted by molar-refractivity contribution is 0.265. The first-order valence-electron chi connectivity index (χ1n) is 6.54. The molecule has 0 fully saturated rings. The van der Waals surface area contributed by atoms with Gasteiger partial charge in [-0.15, -0.1) is 0 Å². The van der Waals surface area contributed by atoms with Crippen LogP contribution in [0.3, 0.4) is 0 Å². The summed E-state index contributed by atoms with van der Waals surface area (Å²) in [6, 6.07) is 2.63. The summed E-state index contributed by atoms with van der Waals surface area (Å²) < 4.78 is 10.9. The van der Waals surface area contributed by atoms with E-state index >= 15 is 0 Å². The zero-order valence-corrected chi connectivity index (χ0v) is 11.5. The Labute approximate surface area is 109 Å². The maximum absolute atomic E-state index is 5.47. The zero-order valence-electron chi connectivity index (χ0n) is 11.5. The predicted octanol–water partition coefficient (Wildman–Crippen LogP) is 2.03. The van der Waals surface area contributed by atoms with Gasteiger partial charge in [0.05, 0.1) is 13.2 Å². The number of nitrogens with zero attached hydrogens (tertiary/aromatic N) is 2. The number of hydrogen-bond acceptors (Lipinski definition) is 5. The van der Waals surface area contributed by atoms with Crippen molar-refractivity contribution in [1.29, 1.82) is 0 Å². The Bertz CT molecular complexity index is 332. The van der Waals surface area contributed by atoms with Crippen molar-refractivity contribution >= 4 is 0 Å². The quantitative estimate of drug-likeness (QED) is 0.682. The molecule has 1 heterocycles. The molecule has 0 aliphatic carbocycles. The summed E-state index contributed by atoms with van der Waals surface area (Å²) in [5, 5.41) is 3.33. The van der Waals surface area contributed by atoms with Crippen molar-refractivity contribution in [3.05, 3.63) is 12.3 Å². The van der Waals surface area contributed by atoms with Gasteiger partial charge in [-0.05, 0) is 19.4 Å². The molecule has 0 spiro atoms. The van der Waals surface area contributed by atoms with Crippen LogP contribution in [0, 0.1) is 0 Å². The molecule has 0 bridgehead atoms. The second-order valence-electron chi connectivity index (χ2n) is 4.34. The Balaban J connectivity index is 2.24. The molecule has 1 aromatic heterocycles. The molecule has 0 saturated carbocycles. The standard InChI is InChI=1S/C13H23N3O2/c1-4-9-17-12-6-8-15-13(16-12)18-10-5-7-14-11(2)3/h6,8,11,14H,4-5,7,9-10H2,1-3H3. The lowest BCUT2D eigenvalue weighted by Gasteiger charge is -2.09. The molecule has 1 aromatic rings.